The number of hydrogen-bond donors (Lipinski definition) is 1. The summed E-state index contributed by atoms with van der Waals surface area (Å²) in [5.74, 6) is 0.321. The number of para-hydroxylation sites is 1. The molecular formula is C26H30N4O. The smallest absolute Gasteiger partial charge is 0.191 e. The van der Waals surface area contributed by atoms with E-state index in [9.17, 15) is 15.8 Å². The van der Waals surface area contributed by atoms with Crippen LogP contribution in [0, 0.1) is 56.7 Å². The van der Waals surface area contributed by atoms with Crippen molar-refractivity contribution >= 4 is 0 Å². The molecule has 1 aromatic rings. The lowest BCUT2D eigenvalue weighted by molar-refractivity contribution is 0.167. The molecule has 0 aliphatic heterocycles. The van der Waals surface area contributed by atoms with E-state index in [0.717, 1.165) is 24.0 Å². The summed E-state index contributed by atoms with van der Waals surface area (Å²) in [6.45, 7) is 10.5. The Hall–Kier alpha value is -3.23. The maximum atomic E-state index is 10.3. The monoisotopic (exact) mass is 414 g/mol. The average Bonchev–Trinajstić information content (AvgIpc) is 2.72. The van der Waals surface area contributed by atoms with Gasteiger partial charge in [-0.2, -0.15) is 15.8 Å². The van der Waals surface area contributed by atoms with Crippen molar-refractivity contribution < 1.29 is 4.74 Å². The fourth-order valence-electron chi connectivity index (χ4n) is 5.04. The van der Waals surface area contributed by atoms with Crippen molar-refractivity contribution in [2.75, 3.05) is 0 Å². The Bertz CT molecular complexity index is 1040. The molecule has 0 saturated carbocycles. The number of nitrogens with two attached hydrogens (primary N) is 1. The molecule has 0 fully saturated rings. The van der Waals surface area contributed by atoms with E-state index in [1.807, 2.05) is 38.1 Å². The number of fused-ring (bicyclic) bond motifs is 1. The quantitative estimate of drug-likeness (QED) is 0.718. The number of rotatable bonds is 3. The summed E-state index contributed by atoms with van der Waals surface area (Å²) in [5.41, 5.74) is 6.86. The number of benzene rings is 1. The van der Waals surface area contributed by atoms with Crippen LogP contribution in [-0.4, -0.2) is 6.10 Å². The molecule has 2 aliphatic rings. The van der Waals surface area contributed by atoms with Crippen LogP contribution in [0.2, 0.25) is 0 Å². The Morgan fingerprint density at radius 3 is 2.32 bits per heavy atom. The molecule has 0 bridgehead atoms. The van der Waals surface area contributed by atoms with Gasteiger partial charge in [0.2, 0.25) is 0 Å². The largest absolute Gasteiger partial charge is 0.491 e. The standard InChI is InChI=1S/C26H30N4O/c1-16(2)31-22-9-7-6-8-19(22)23-20-12-17(25(3,4)5)10-11-18(20)21(13-27)24(30)26(23,14-28)15-29/h6-9,11,16-17,20,23H,10,12,30H2,1-5H3/t17-,20-,23+/m1/s1. The summed E-state index contributed by atoms with van der Waals surface area (Å²) in [4.78, 5) is 0. The summed E-state index contributed by atoms with van der Waals surface area (Å²) in [7, 11) is 0. The molecule has 1 aromatic carbocycles. The van der Waals surface area contributed by atoms with Gasteiger partial charge in [-0.25, -0.2) is 0 Å². The molecule has 2 aliphatic carbocycles. The highest BCUT2D eigenvalue weighted by Crippen LogP contribution is 2.59. The molecule has 5 nitrogen and oxygen atoms in total. The van der Waals surface area contributed by atoms with Crippen LogP contribution in [0.1, 0.15) is 58.9 Å². The first kappa shape index (κ1) is 22.5. The molecule has 0 amide bonds. The molecule has 160 valence electrons. The molecule has 3 atom stereocenters. The number of hydrogen-bond acceptors (Lipinski definition) is 5. The molecule has 3 rings (SSSR count). The lowest BCUT2D eigenvalue weighted by atomic mass is 9.54. The Labute approximate surface area is 185 Å². The SMILES string of the molecule is CC(C)Oc1ccccc1[C@H]1[C@@H]2C[C@H](C(C)(C)C)CC=C2C(C#N)=C(N)C1(C#N)C#N. The van der Waals surface area contributed by atoms with Gasteiger partial charge >= 0.3 is 0 Å². The zero-order valence-corrected chi connectivity index (χ0v) is 18.9. The van der Waals surface area contributed by atoms with Gasteiger partial charge in [0.15, 0.2) is 5.41 Å². The second-order valence-corrected chi connectivity index (χ2v) is 9.91. The minimum absolute atomic E-state index is 0.0565. The van der Waals surface area contributed by atoms with Crippen LogP contribution in [0.25, 0.3) is 0 Å². The van der Waals surface area contributed by atoms with Crippen LogP contribution in [0.5, 0.6) is 5.75 Å². The van der Waals surface area contributed by atoms with Crippen molar-refractivity contribution in [1.82, 2.24) is 0 Å². The molecule has 2 N–H and O–H groups in total. The zero-order chi connectivity index (χ0) is 23.0. The van der Waals surface area contributed by atoms with Gasteiger partial charge in [-0.3, -0.25) is 0 Å². The van der Waals surface area contributed by atoms with E-state index in [-0.39, 0.29) is 23.1 Å². The Balaban J connectivity index is 2.32. The summed E-state index contributed by atoms with van der Waals surface area (Å²) >= 11 is 0. The number of ether oxygens (including phenoxy) is 1. The fraction of sp³-hybridized carbons (Fsp3) is 0.500. The second-order valence-electron chi connectivity index (χ2n) is 9.91. The molecule has 5 heteroatoms. The third-order valence-corrected chi connectivity index (χ3v) is 6.72. The van der Waals surface area contributed by atoms with E-state index in [1.165, 1.54) is 0 Å². The molecule has 0 radical (unpaired) electrons. The molecule has 0 spiro atoms. The lowest BCUT2D eigenvalue weighted by Gasteiger charge is -2.47. The van der Waals surface area contributed by atoms with Gasteiger partial charge in [0, 0.05) is 11.5 Å². The average molecular weight is 415 g/mol. The highest BCUT2D eigenvalue weighted by Gasteiger charge is 2.55. The minimum atomic E-state index is -1.64. The van der Waals surface area contributed by atoms with Crippen molar-refractivity contribution in [3.63, 3.8) is 0 Å². The molecular weight excluding hydrogens is 384 g/mol. The van der Waals surface area contributed by atoms with E-state index in [2.05, 4.69) is 45.1 Å². The van der Waals surface area contributed by atoms with Gasteiger partial charge < -0.3 is 10.5 Å². The van der Waals surface area contributed by atoms with Crippen LogP contribution in [0.4, 0.5) is 0 Å². The normalized spacial score (nSPS) is 25.0. The third-order valence-electron chi connectivity index (χ3n) is 6.72. The van der Waals surface area contributed by atoms with Gasteiger partial charge in [-0.05, 0) is 55.6 Å². The minimum Gasteiger partial charge on any atom is -0.491 e. The highest BCUT2D eigenvalue weighted by molar-refractivity contribution is 5.60. The zero-order valence-electron chi connectivity index (χ0n) is 18.9. The van der Waals surface area contributed by atoms with Crippen molar-refractivity contribution in [1.29, 1.82) is 15.8 Å². The lowest BCUT2D eigenvalue weighted by Crippen LogP contribution is -2.44. The number of allylic oxidation sites excluding steroid dienone is 4. The van der Waals surface area contributed by atoms with Gasteiger partial charge in [0.05, 0.1) is 29.5 Å². The third kappa shape index (κ3) is 3.68. The predicted octanol–water partition coefficient (Wildman–Crippen LogP) is 5.34. The Morgan fingerprint density at radius 2 is 1.77 bits per heavy atom. The van der Waals surface area contributed by atoms with Crippen LogP contribution in [0.3, 0.4) is 0 Å². The van der Waals surface area contributed by atoms with E-state index in [4.69, 9.17) is 10.5 Å². The molecule has 0 heterocycles. The van der Waals surface area contributed by atoms with Gasteiger partial charge in [0.1, 0.15) is 11.8 Å². The van der Waals surface area contributed by atoms with E-state index in [1.54, 1.807) is 0 Å². The summed E-state index contributed by atoms with van der Waals surface area (Å²) in [5, 5.41) is 30.5. The fourth-order valence-corrected chi connectivity index (χ4v) is 5.04. The van der Waals surface area contributed by atoms with E-state index in [0.29, 0.717) is 17.2 Å². The number of nitriles is 3. The first-order chi connectivity index (χ1) is 14.6. The molecule has 31 heavy (non-hydrogen) atoms. The Kier molecular flexibility index (Phi) is 5.89. The maximum Gasteiger partial charge on any atom is 0.191 e. The van der Waals surface area contributed by atoms with E-state index >= 15 is 0 Å². The molecule has 0 aromatic heterocycles. The van der Waals surface area contributed by atoms with Gasteiger partial charge in [-0.15, -0.1) is 0 Å². The second kappa shape index (κ2) is 8.13. The van der Waals surface area contributed by atoms with Crippen molar-refractivity contribution in [2.24, 2.45) is 28.4 Å². The Morgan fingerprint density at radius 1 is 1.13 bits per heavy atom. The predicted molar refractivity (Wildman–Crippen MR) is 119 cm³/mol. The van der Waals surface area contributed by atoms with Crippen molar-refractivity contribution in [3.8, 4) is 24.0 Å². The first-order valence-electron chi connectivity index (χ1n) is 10.8. The van der Waals surface area contributed by atoms with Crippen molar-refractivity contribution in [2.45, 2.75) is 59.5 Å². The summed E-state index contributed by atoms with van der Waals surface area (Å²) in [6, 6.07) is 14.2. The van der Waals surface area contributed by atoms with Gasteiger partial charge in [-0.1, -0.05) is 45.0 Å². The molecule has 0 unspecified atom stereocenters. The summed E-state index contributed by atoms with van der Waals surface area (Å²) < 4.78 is 6.08. The molecule has 0 saturated heterocycles. The van der Waals surface area contributed by atoms with Gasteiger partial charge in [0.25, 0.3) is 0 Å². The highest BCUT2D eigenvalue weighted by atomic mass is 16.5. The van der Waals surface area contributed by atoms with Crippen LogP contribution < -0.4 is 10.5 Å². The maximum absolute atomic E-state index is 10.3. The topological polar surface area (TPSA) is 107 Å². The van der Waals surface area contributed by atoms with Crippen molar-refractivity contribution in [3.05, 3.63) is 52.7 Å². The van der Waals surface area contributed by atoms with E-state index < -0.39 is 11.3 Å². The van der Waals surface area contributed by atoms with Crippen LogP contribution in [0.15, 0.2) is 47.2 Å². The van der Waals surface area contributed by atoms with Crippen LogP contribution in [-0.2, 0) is 0 Å². The first-order valence-corrected chi connectivity index (χ1v) is 10.8. The number of nitrogens with zero attached hydrogens (tertiary/aromatic N) is 3. The summed E-state index contributed by atoms with van der Waals surface area (Å²) in [6.07, 6.45) is 3.67. The van der Waals surface area contributed by atoms with Crippen LogP contribution >= 0.6 is 0 Å².